The Morgan fingerprint density at radius 2 is 2.18 bits per heavy atom. The summed E-state index contributed by atoms with van der Waals surface area (Å²) in [7, 11) is 0. The number of nitrogens with zero attached hydrogens (tertiary/aromatic N) is 1. The zero-order valence-electron chi connectivity index (χ0n) is 15.4. The van der Waals surface area contributed by atoms with Crippen LogP contribution in [0, 0.1) is 0 Å². The maximum atomic E-state index is 13.5. The Morgan fingerprint density at radius 1 is 1.39 bits per heavy atom. The summed E-state index contributed by atoms with van der Waals surface area (Å²) in [5.41, 5.74) is 7.01. The van der Waals surface area contributed by atoms with Crippen molar-refractivity contribution < 1.29 is 19.1 Å². The lowest BCUT2D eigenvalue weighted by Crippen LogP contribution is -2.46. The molecule has 0 bridgehead atoms. The number of carbonyl (C=O) groups is 2. The third-order valence-electron chi connectivity index (χ3n) is 4.97. The van der Waals surface area contributed by atoms with Crippen LogP contribution in [-0.2, 0) is 26.2 Å². The first-order valence-corrected chi connectivity index (χ1v) is 9.78. The van der Waals surface area contributed by atoms with E-state index in [1.54, 1.807) is 19.1 Å². The Bertz CT molecular complexity index is 1030. The molecule has 1 spiro atoms. The standard InChI is InChI=1S/C19H19BrN4O4/c1-3-5-12-13-16(24-23-12)28-15(21)14(17(25)27-4-2)19(13)10-8-9(20)6-7-11(10)22-18(19)26/h6-8H,3-5,21H2,1-2H3,(H,22,26)(H,23,24)/t19-/m0/s1. The zero-order chi connectivity index (χ0) is 20.1. The van der Waals surface area contributed by atoms with Gasteiger partial charge in [0.05, 0.1) is 12.2 Å². The second-order valence-electron chi connectivity index (χ2n) is 6.59. The van der Waals surface area contributed by atoms with Gasteiger partial charge in [0.25, 0.3) is 0 Å². The molecule has 0 unspecified atom stereocenters. The molecular formula is C19H19BrN4O4. The zero-order valence-corrected chi connectivity index (χ0v) is 17.0. The molecule has 1 atom stereocenters. The van der Waals surface area contributed by atoms with Crippen LogP contribution in [0.5, 0.6) is 5.88 Å². The summed E-state index contributed by atoms with van der Waals surface area (Å²) in [4.78, 5) is 26.4. The SMILES string of the molecule is CCCc1[nH]nc2c1[C@]1(C(=O)Nc3ccc(Br)cc31)C(C(=O)OCC)=C(N)O2. The predicted octanol–water partition coefficient (Wildman–Crippen LogP) is 2.49. The van der Waals surface area contributed by atoms with E-state index in [2.05, 4.69) is 31.4 Å². The van der Waals surface area contributed by atoms with Crippen LogP contribution in [0.4, 0.5) is 5.69 Å². The van der Waals surface area contributed by atoms with Crippen LogP contribution in [-0.4, -0.2) is 28.7 Å². The summed E-state index contributed by atoms with van der Waals surface area (Å²) in [5, 5.41) is 10.0. The summed E-state index contributed by atoms with van der Waals surface area (Å²) in [6.45, 7) is 3.84. The van der Waals surface area contributed by atoms with Crippen molar-refractivity contribution in [2.75, 3.05) is 11.9 Å². The van der Waals surface area contributed by atoms with Crippen LogP contribution in [0.15, 0.2) is 34.1 Å². The molecule has 4 rings (SSSR count). The molecule has 1 aromatic heterocycles. The normalized spacial score (nSPS) is 19.9. The maximum absolute atomic E-state index is 13.5. The van der Waals surface area contributed by atoms with Crippen molar-refractivity contribution in [1.29, 1.82) is 0 Å². The minimum Gasteiger partial charge on any atom is -0.462 e. The van der Waals surface area contributed by atoms with Crippen molar-refractivity contribution in [1.82, 2.24) is 10.2 Å². The summed E-state index contributed by atoms with van der Waals surface area (Å²) in [6.07, 6.45) is 1.44. The number of esters is 1. The molecule has 0 fully saturated rings. The average molecular weight is 447 g/mol. The van der Waals surface area contributed by atoms with E-state index in [9.17, 15) is 9.59 Å². The van der Waals surface area contributed by atoms with E-state index < -0.39 is 17.3 Å². The number of aromatic amines is 1. The lowest BCUT2D eigenvalue weighted by molar-refractivity contribution is -0.140. The maximum Gasteiger partial charge on any atom is 0.341 e. The molecule has 146 valence electrons. The van der Waals surface area contributed by atoms with Crippen molar-refractivity contribution >= 4 is 33.5 Å². The molecule has 2 aromatic rings. The number of fused-ring (bicyclic) bond motifs is 4. The molecule has 4 N–H and O–H groups in total. The van der Waals surface area contributed by atoms with E-state index >= 15 is 0 Å². The van der Waals surface area contributed by atoms with Gasteiger partial charge in [0.2, 0.25) is 17.7 Å². The van der Waals surface area contributed by atoms with E-state index in [0.29, 0.717) is 23.2 Å². The van der Waals surface area contributed by atoms with Crippen LogP contribution < -0.4 is 15.8 Å². The highest BCUT2D eigenvalue weighted by Gasteiger charge is 2.60. The van der Waals surface area contributed by atoms with Gasteiger partial charge in [0, 0.05) is 21.4 Å². The number of hydrogen-bond donors (Lipinski definition) is 3. The highest BCUT2D eigenvalue weighted by molar-refractivity contribution is 9.10. The quantitative estimate of drug-likeness (QED) is 0.620. The van der Waals surface area contributed by atoms with Crippen molar-refractivity contribution in [3.8, 4) is 5.88 Å². The number of hydrogen-bond acceptors (Lipinski definition) is 6. The third-order valence-corrected chi connectivity index (χ3v) is 5.46. The van der Waals surface area contributed by atoms with Crippen molar-refractivity contribution in [2.45, 2.75) is 32.1 Å². The minimum atomic E-state index is -1.50. The van der Waals surface area contributed by atoms with Gasteiger partial charge in [-0.3, -0.25) is 9.89 Å². The Kier molecular flexibility index (Phi) is 4.41. The van der Waals surface area contributed by atoms with Gasteiger partial charge in [0.1, 0.15) is 11.0 Å². The molecule has 8 nitrogen and oxygen atoms in total. The first kappa shape index (κ1) is 18.5. The molecule has 28 heavy (non-hydrogen) atoms. The van der Waals surface area contributed by atoms with E-state index in [1.165, 1.54) is 0 Å². The summed E-state index contributed by atoms with van der Waals surface area (Å²) in [5.74, 6) is -1.09. The van der Waals surface area contributed by atoms with Gasteiger partial charge in [0.15, 0.2) is 0 Å². The smallest absolute Gasteiger partial charge is 0.341 e. The largest absolute Gasteiger partial charge is 0.462 e. The monoisotopic (exact) mass is 446 g/mol. The average Bonchev–Trinajstić information content (AvgIpc) is 3.16. The number of rotatable bonds is 4. The van der Waals surface area contributed by atoms with Gasteiger partial charge >= 0.3 is 5.97 Å². The fourth-order valence-electron chi connectivity index (χ4n) is 3.94. The molecule has 1 aromatic carbocycles. The summed E-state index contributed by atoms with van der Waals surface area (Å²) in [6, 6.07) is 5.40. The van der Waals surface area contributed by atoms with Gasteiger partial charge in [-0.05, 0) is 31.5 Å². The Labute approximate surface area is 169 Å². The molecule has 9 heteroatoms. The molecule has 1 amide bonds. The Hall–Kier alpha value is -2.81. The Morgan fingerprint density at radius 3 is 2.89 bits per heavy atom. The van der Waals surface area contributed by atoms with Crippen LogP contribution >= 0.6 is 15.9 Å². The minimum absolute atomic E-state index is 0.0325. The number of nitrogens with one attached hydrogen (secondary N) is 2. The fourth-order valence-corrected chi connectivity index (χ4v) is 4.30. The van der Waals surface area contributed by atoms with Gasteiger partial charge < -0.3 is 20.5 Å². The van der Waals surface area contributed by atoms with Crippen LogP contribution in [0.3, 0.4) is 0 Å². The van der Waals surface area contributed by atoms with Gasteiger partial charge in [-0.15, -0.1) is 5.10 Å². The second-order valence-corrected chi connectivity index (χ2v) is 7.50. The molecule has 0 saturated carbocycles. The number of aryl methyl sites for hydroxylation is 1. The number of ether oxygens (including phenoxy) is 2. The second kappa shape index (κ2) is 6.66. The fraction of sp³-hybridized carbons (Fsp3) is 0.316. The molecule has 3 heterocycles. The molecule has 2 aliphatic rings. The number of halogens is 1. The van der Waals surface area contributed by atoms with E-state index in [0.717, 1.165) is 16.6 Å². The summed E-state index contributed by atoms with van der Waals surface area (Å²) >= 11 is 3.46. The molecule has 0 saturated heterocycles. The van der Waals surface area contributed by atoms with Crippen molar-refractivity contribution in [2.24, 2.45) is 5.73 Å². The number of H-pyrrole nitrogens is 1. The molecule has 0 radical (unpaired) electrons. The number of aromatic nitrogens is 2. The number of amides is 1. The topological polar surface area (TPSA) is 119 Å². The van der Waals surface area contributed by atoms with Crippen LogP contribution in [0.2, 0.25) is 0 Å². The number of benzene rings is 1. The van der Waals surface area contributed by atoms with Crippen molar-refractivity contribution in [3.63, 3.8) is 0 Å². The summed E-state index contributed by atoms with van der Waals surface area (Å²) < 4.78 is 11.6. The lowest BCUT2D eigenvalue weighted by Gasteiger charge is -2.33. The number of nitrogens with two attached hydrogens (primary N) is 1. The number of anilines is 1. The van der Waals surface area contributed by atoms with Crippen LogP contribution in [0.1, 0.15) is 37.1 Å². The number of carbonyl (C=O) groups excluding carboxylic acids is 2. The first-order chi connectivity index (χ1) is 13.4. The van der Waals surface area contributed by atoms with Gasteiger partial charge in [-0.1, -0.05) is 29.3 Å². The highest BCUT2D eigenvalue weighted by atomic mass is 79.9. The Balaban J connectivity index is 2.10. The van der Waals surface area contributed by atoms with E-state index in [4.69, 9.17) is 15.2 Å². The molecular weight excluding hydrogens is 428 g/mol. The first-order valence-electron chi connectivity index (χ1n) is 8.99. The van der Waals surface area contributed by atoms with Crippen LogP contribution in [0.25, 0.3) is 0 Å². The van der Waals surface area contributed by atoms with E-state index in [-0.39, 0.29) is 23.9 Å². The third kappa shape index (κ3) is 2.39. The van der Waals surface area contributed by atoms with Crippen molar-refractivity contribution in [3.05, 3.63) is 50.9 Å². The van der Waals surface area contributed by atoms with Gasteiger partial charge in [-0.2, -0.15) is 0 Å². The molecule has 2 aliphatic heterocycles. The predicted molar refractivity (Wildman–Crippen MR) is 105 cm³/mol. The van der Waals surface area contributed by atoms with E-state index in [1.807, 2.05) is 13.0 Å². The van der Waals surface area contributed by atoms with Gasteiger partial charge in [-0.25, -0.2) is 4.79 Å². The lowest BCUT2D eigenvalue weighted by atomic mass is 9.68. The molecule has 0 aliphatic carbocycles. The highest BCUT2D eigenvalue weighted by Crippen LogP contribution is 2.54.